The largest absolute Gasteiger partial charge is 0.453 e. The van der Waals surface area contributed by atoms with E-state index in [0.717, 1.165) is 71.1 Å². The number of benzene rings is 3. The number of rotatable bonds is 16. The van der Waals surface area contributed by atoms with Crippen LogP contribution in [0.2, 0.25) is 0 Å². The van der Waals surface area contributed by atoms with Crippen LogP contribution in [0.3, 0.4) is 0 Å². The van der Waals surface area contributed by atoms with Gasteiger partial charge < -0.3 is 28.4 Å². The van der Waals surface area contributed by atoms with Gasteiger partial charge in [-0.25, -0.2) is 9.59 Å². The van der Waals surface area contributed by atoms with Crippen molar-refractivity contribution in [2.24, 2.45) is 0 Å². The SMILES string of the molecule is O=C(CCCCCBr)Oc1ccc2c(c1)C=CC(C(=O)O[C@@H]1COC3C1OC[C@H]3OC(=O)c1ccc3cc(OC(=O)CCCCCBr)ccc3c1)=CC2. The Morgan fingerprint density at radius 3 is 1.89 bits per heavy atom. The summed E-state index contributed by atoms with van der Waals surface area (Å²) in [6.07, 6.45) is 9.54. The third-order valence-electron chi connectivity index (χ3n) is 9.36. The molecular weight excluding hydrogens is 812 g/mol. The molecule has 2 heterocycles. The monoisotopic (exact) mass is 852 g/mol. The lowest BCUT2D eigenvalue weighted by molar-refractivity contribution is -0.148. The maximum atomic E-state index is 13.3. The summed E-state index contributed by atoms with van der Waals surface area (Å²) in [5, 5.41) is 3.45. The van der Waals surface area contributed by atoms with E-state index in [9.17, 15) is 19.2 Å². The minimum Gasteiger partial charge on any atom is -0.453 e. The minimum atomic E-state index is -0.674. The van der Waals surface area contributed by atoms with Gasteiger partial charge in [-0.2, -0.15) is 0 Å². The normalized spacial score (nSPS) is 20.2. The zero-order valence-electron chi connectivity index (χ0n) is 29.3. The van der Waals surface area contributed by atoms with Crippen molar-refractivity contribution in [3.05, 3.63) is 89.0 Å². The van der Waals surface area contributed by atoms with E-state index < -0.39 is 36.4 Å². The fourth-order valence-electron chi connectivity index (χ4n) is 6.50. The Hall–Kier alpha value is -3.84. The summed E-state index contributed by atoms with van der Waals surface area (Å²) in [5.74, 6) is -0.650. The van der Waals surface area contributed by atoms with Crippen molar-refractivity contribution in [1.82, 2.24) is 0 Å². The number of carbonyl (C=O) groups is 4. The Morgan fingerprint density at radius 1 is 0.642 bits per heavy atom. The molecule has 0 saturated carbocycles. The number of alkyl halides is 2. The van der Waals surface area contributed by atoms with Gasteiger partial charge in [0.1, 0.15) is 23.7 Å². The zero-order valence-corrected chi connectivity index (χ0v) is 32.4. The maximum absolute atomic E-state index is 13.3. The Bertz CT molecular complexity index is 1870. The molecule has 4 atom stereocenters. The van der Waals surface area contributed by atoms with Gasteiger partial charge in [-0.3, -0.25) is 9.59 Å². The van der Waals surface area contributed by atoms with E-state index in [1.165, 1.54) is 0 Å². The number of ether oxygens (including phenoxy) is 6. The van der Waals surface area contributed by atoms with Gasteiger partial charge >= 0.3 is 23.9 Å². The average Bonchev–Trinajstić information content (AvgIpc) is 3.67. The van der Waals surface area contributed by atoms with E-state index in [1.54, 1.807) is 60.7 Å². The molecule has 53 heavy (non-hydrogen) atoms. The van der Waals surface area contributed by atoms with E-state index in [0.29, 0.717) is 41.9 Å². The molecule has 0 spiro atoms. The van der Waals surface area contributed by atoms with Crippen molar-refractivity contribution in [2.45, 2.75) is 82.2 Å². The van der Waals surface area contributed by atoms with Crippen molar-refractivity contribution in [3.63, 3.8) is 0 Å². The molecule has 3 aromatic carbocycles. The number of carbonyl (C=O) groups excluding carboxylic acids is 4. The fourth-order valence-corrected chi connectivity index (χ4v) is 7.29. The van der Waals surface area contributed by atoms with Gasteiger partial charge in [0.05, 0.1) is 24.4 Å². The lowest BCUT2D eigenvalue weighted by atomic mass is 10.0. The molecule has 0 radical (unpaired) electrons. The summed E-state index contributed by atoms with van der Waals surface area (Å²) in [6.45, 7) is 0.214. The molecule has 0 amide bonds. The molecule has 0 N–H and O–H groups in total. The Balaban J connectivity index is 0.986. The number of hydrogen-bond acceptors (Lipinski definition) is 10. The second-order valence-electron chi connectivity index (χ2n) is 13.2. The second kappa shape index (κ2) is 19.0. The highest BCUT2D eigenvalue weighted by Gasteiger charge is 2.51. The van der Waals surface area contributed by atoms with Gasteiger partial charge in [0, 0.05) is 23.5 Å². The van der Waals surface area contributed by atoms with E-state index in [-0.39, 0.29) is 25.2 Å². The first-order chi connectivity index (χ1) is 25.8. The van der Waals surface area contributed by atoms with Crippen LogP contribution in [-0.2, 0) is 39.8 Å². The summed E-state index contributed by atoms with van der Waals surface area (Å²) in [4.78, 5) is 50.9. The topological polar surface area (TPSA) is 124 Å². The summed E-state index contributed by atoms with van der Waals surface area (Å²) in [7, 11) is 0. The van der Waals surface area contributed by atoms with Gasteiger partial charge in [0.2, 0.25) is 0 Å². The van der Waals surface area contributed by atoms with Crippen LogP contribution in [0.1, 0.15) is 72.9 Å². The van der Waals surface area contributed by atoms with Gasteiger partial charge in [0.25, 0.3) is 0 Å². The average molecular weight is 855 g/mol. The molecule has 3 aromatic rings. The highest BCUT2D eigenvalue weighted by atomic mass is 79.9. The van der Waals surface area contributed by atoms with Crippen molar-refractivity contribution < 1.29 is 47.6 Å². The zero-order chi connectivity index (χ0) is 37.2. The molecule has 12 heteroatoms. The highest BCUT2D eigenvalue weighted by molar-refractivity contribution is 9.09. The van der Waals surface area contributed by atoms with E-state index >= 15 is 0 Å². The van der Waals surface area contributed by atoms with Gasteiger partial charge in [-0.15, -0.1) is 0 Å². The number of fused-ring (bicyclic) bond motifs is 3. The summed E-state index contributed by atoms with van der Waals surface area (Å²) in [5.41, 5.74) is 2.58. The number of hydrogen-bond donors (Lipinski definition) is 0. The predicted octanol–water partition coefficient (Wildman–Crippen LogP) is 7.99. The van der Waals surface area contributed by atoms with Crippen LogP contribution in [-0.4, -0.2) is 72.2 Å². The van der Waals surface area contributed by atoms with E-state index in [1.807, 2.05) is 12.1 Å². The first kappa shape index (κ1) is 38.9. The quantitative estimate of drug-likeness (QED) is 0.0607. The molecule has 0 bridgehead atoms. The predicted molar refractivity (Wildman–Crippen MR) is 206 cm³/mol. The van der Waals surface area contributed by atoms with Crippen LogP contribution in [0.25, 0.3) is 16.8 Å². The Labute approximate surface area is 325 Å². The molecule has 280 valence electrons. The third-order valence-corrected chi connectivity index (χ3v) is 10.5. The number of halogens is 2. The highest BCUT2D eigenvalue weighted by Crippen LogP contribution is 2.33. The molecule has 2 fully saturated rings. The van der Waals surface area contributed by atoms with Crippen LogP contribution in [0.4, 0.5) is 0 Å². The Morgan fingerprint density at radius 2 is 1.23 bits per heavy atom. The summed E-state index contributed by atoms with van der Waals surface area (Å²) in [6, 6.07) is 15.9. The van der Waals surface area contributed by atoms with Crippen molar-refractivity contribution in [3.8, 4) is 11.5 Å². The first-order valence-electron chi connectivity index (χ1n) is 18.0. The fraction of sp³-hybridized carbons (Fsp3) is 0.415. The molecule has 3 aliphatic rings. The molecule has 2 unspecified atom stereocenters. The van der Waals surface area contributed by atoms with Crippen LogP contribution < -0.4 is 9.47 Å². The van der Waals surface area contributed by atoms with Crippen LogP contribution in [0.5, 0.6) is 11.5 Å². The number of allylic oxidation sites excluding steroid dienone is 1. The maximum Gasteiger partial charge on any atom is 0.338 e. The molecule has 2 saturated heterocycles. The molecular formula is C41H42Br2O10. The first-order valence-corrected chi connectivity index (χ1v) is 20.3. The Kier molecular flexibility index (Phi) is 13.9. The number of esters is 4. The summed E-state index contributed by atoms with van der Waals surface area (Å²) < 4.78 is 34.6. The minimum absolute atomic E-state index is 0.106. The molecule has 1 aliphatic carbocycles. The van der Waals surface area contributed by atoms with Crippen LogP contribution in [0, 0.1) is 0 Å². The third kappa shape index (κ3) is 10.4. The number of unbranched alkanes of at least 4 members (excludes halogenated alkanes) is 4. The lowest BCUT2D eigenvalue weighted by Crippen LogP contribution is -2.36. The van der Waals surface area contributed by atoms with Gasteiger partial charge in [-0.05, 0) is 96.5 Å². The summed E-state index contributed by atoms with van der Waals surface area (Å²) >= 11 is 6.79. The molecule has 0 aromatic heterocycles. The molecule has 2 aliphatic heterocycles. The van der Waals surface area contributed by atoms with Crippen molar-refractivity contribution in [2.75, 3.05) is 23.9 Å². The second-order valence-corrected chi connectivity index (χ2v) is 14.8. The van der Waals surface area contributed by atoms with Crippen LogP contribution in [0.15, 0.2) is 72.3 Å². The molecule has 6 rings (SSSR count). The van der Waals surface area contributed by atoms with Crippen molar-refractivity contribution in [1.29, 1.82) is 0 Å². The lowest BCUT2D eigenvalue weighted by Gasteiger charge is -2.17. The van der Waals surface area contributed by atoms with Crippen LogP contribution >= 0.6 is 31.9 Å². The van der Waals surface area contributed by atoms with E-state index in [4.69, 9.17) is 28.4 Å². The standard InChI is InChI=1S/C41H42Br2O10/c42-19-5-1-3-7-36(44)50-32-17-15-26-9-10-27(11-12-29(26)22-32)40(46)52-34-24-48-39-35(25-49-38(34)39)53-41(47)31-14-13-30-23-33(18-16-28(30)21-31)51-37(45)8-4-2-6-20-43/h10-18,21-23,34-35,38-39H,1-9,19-20,24-25H2/t34-,35-,38?,39?/m1/s1. The smallest absolute Gasteiger partial charge is 0.338 e. The van der Waals surface area contributed by atoms with E-state index in [2.05, 4.69) is 31.9 Å². The van der Waals surface area contributed by atoms with Crippen molar-refractivity contribution >= 4 is 72.6 Å². The van der Waals surface area contributed by atoms with Gasteiger partial charge in [-0.1, -0.05) is 75.1 Å². The van der Waals surface area contributed by atoms with Gasteiger partial charge in [0.15, 0.2) is 12.2 Å². The molecule has 10 nitrogen and oxygen atoms in total.